The Morgan fingerprint density at radius 2 is 1.50 bits per heavy atom. The first-order valence-corrected chi connectivity index (χ1v) is 12.2. The standard InChI is InChI=1S/C29H29N3O6/c1-4-24(28(35)30-20-11-15-22(38-3)16-12-20)31(17-19-9-13-21(37-2)14-10-19)26(33)18-32-25-8-6-5-7-23(25)27(34)29(32)36/h5-16,24H,4,17-18H2,1-3H3,(H,30,35). The Balaban J connectivity index is 1.61. The summed E-state index contributed by atoms with van der Waals surface area (Å²) in [4.78, 5) is 54.9. The van der Waals surface area contributed by atoms with E-state index >= 15 is 0 Å². The summed E-state index contributed by atoms with van der Waals surface area (Å²) in [5, 5.41) is 2.87. The van der Waals surface area contributed by atoms with E-state index in [0.29, 0.717) is 29.3 Å². The predicted molar refractivity (Wildman–Crippen MR) is 142 cm³/mol. The molecule has 9 heteroatoms. The lowest BCUT2D eigenvalue weighted by Crippen LogP contribution is -2.50. The molecule has 1 N–H and O–H groups in total. The highest BCUT2D eigenvalue weighted by atomic mass is 16.5. The number of amides is 3. The summed E-state index contributed by atoms with van der Waals surface area (Å²) in [6.07, 6.45) is 0.327. The number of fused-ring (bicyclic) bond motifs is 1. The molecule has 0 saturated heterocycles. The Morgan fingerprint density at radius 3 is 2.11 bits per heavy atom. The summed E-state index contributed by atoms with van der Waals surface area (Å²) in [5.41, 5.74) is 1.98. The molecular weight excluding hydrogens is 486 g/mol. The van der Waals surface area contributed by atoms with Crippen LogP contribution in [0.25, 0.3) is 0 Å². The Bertz CT molecular complexity index is 1340. The molecule has 0 aromatic heterocycles. The fourth-order valence-electron chi connectivity index (χ4n) is 4.38. The van der Waals surface area contributed by atoms with Gasteiger partial charge in [0.2, 0.25) is 11.8 Å². The van der Waals surface area contributed by atoms with Gasteiger partial charge in [0.1, 0.15) is 24.1 Å². The predicted octanol–water partition coefficient (Wildman–Crippen LogP) is 3.68. The normalized spacial score (nSPS) is 13.1. The van der Waals surface area contributed by atoms with E-state index in [1.54, 1.807) is 74.9 Å². The monoisotopic (exact) mass is 515 g/mol. The van der Waals surface area contributed by atoms with E-state index in [2.05, 4.69) is 5.32 Å². The number of nitrogens with one attached hydrogen (secondary N) is 1. The van der Waals surface area contributed by atoms with Crippen molar-refractivity contribution in [2.75, 3.05) is 31.0 Å². The van der Waals surface area contributed by atoms with Crippen LogP contribution in [0.4, 0.5) is 11.4 Å². The van der Waals surface area contributed by atoms with Gasteiger partial charge in [-0.3, -0.25) is 24.1 Å². The van der Waals surface area contributed by atoms with Crippen molar-refractivity contribution in [2.45, 2.75) is 25.9 Å². The van der Waals surface area contributed by atoms with Gasteiger partial charge in [0.05, 0.1) is 25.5 Å². The second-order valence-electron chi connectivity index (χ2n) is 8.75. The zero-order chi connectivity index (χ0) is 27.2. The summed E-state index contributed by atoms with van der Waals surface area (Å²) in [5.74, 6) is -0.941. The number of nitrogens with zero attached hydrogens (tertiary/aromatic N) is 2. The van der Waals surface area contributed by atoms with Gasteiger partial charge in [0.25, 0.3) is 11.7 Å². The molecule has 3 amide bonds. The molecule has 196 valence electrons. The largest absolute Gasteiger partial charge is 0.497 e. The maximum atomic E-state index is 13.7. The lowest BCUT2D eigenvalue weighted by molar-refractivity contribution is -0.138. The third-order valence-electron chi connectivity index (χ3n) is 6.43. The molecule has 1 aliphatic heterocycles. The molecule has 0 fully saturated rings. The second-order valence-corrected chi connectivity index (χ2v) is 8.75. The number of Topliss-reactive ketones (excluding diaryl/α,β-unsaturated/α-hetero) is 1. The highest BCUT2D eigenvalue weighted by molar-refractivity contribution is 6.52. The van der Waals surface area contributed by atoms with Gasteiger partial charge in [-0.2, -0.15) is 0 Å². The van der Waals surface area contributed by atoms with Gasteiger partial charge in [-0.15, -0.1) is 0 Å². The Morgan fingerprint density at radius 1 is 0.895 bits per heavy atom. The molecule has 0 spiro atoms. The van der Waals surface area contributed by atoms with E-state index in [4.69, 9.17) is 9.47 Å². The van der Waals surface area contributed by atoms with Crippen LogP contribution in [-0.2, 0) is 20.9 Å². The first-order valence-electron chi connectivity index (χ1n) is 12.2. The van der Waals surface area contributed by atoms with Crippen LogP contribution in [0.2, 0.25) is 0 Å². The van der Waals surface area contributed by atoms with Crippen molar-refractivity contribution in [3.63, 3.8) is 0 Å². The first kappa shape index (κ1) is 26.4. The lowest BCUT2D eigenvalue weighted by Gasteiger charge is -2.32. The number of benzene rings is 3. The van der Waals surface area contributed by atoms with E-state index in [-0.39, 0.29) is 24.6 Å². The van der Waals surface area contributed by atoms with Crippen LogP contribution in [0, 0.1) is 0 Å². The molecular formula is C29H29N3O6. The SMILES string of the molecule is CCC(C(=O)Nc1ccc(OC)cc1)N(Cc1ccc(OC)cc1)C(=O)CN1C(=O)C(=O)c2ccccc21. The van der Waals surface area contributed by atoms with Crippen molar-refractivity contribution in [3.8, 4) is 11.5 Å². The van der Waals surface area contributed by atoms with Gasteiger partial charge in [-0.1, -0.05) is 31.2 Å². The third-order valence-corrected chi connectivity index (χ3v) is 6.43. The van der Waals surface area contributed by atoms with Crippen molar-refractivity contribution in [3.05, 3.63) is 83.9 Å². The number of anilines is 2. The minimum Gasteiger partial charge on any atom is -0.497 e. The quantitative estimate of drug-likeness (QED) is 0.413. The fourth-order valence-corrected chi connectivity index (χ4v) is 4.38. The molecule has 1 unspecified atom stereocenters. The van der Waals surface area contributed by atoms with Crippen molar-refractivity contribution in [2.24, 2.45) is 0 Å². The average molecular weight is 516 g/mol. The van der Waals surface area contributed by atoms with Crippen LogP contribution >= 0.6 is 0 Å². The van der Waals surface area contributed by atoms with E-state index in [1.807, 2.05) is 19.1 Å². The Labute approximate surface area is 220 Å². The maximum Gasteiger partial charge on any atom is 0.299 e. The third kappa shape index (κ3) is 5.51. The molecule has 0 saturated carbocycles. The summed E-state index contributed by atoms with van der Waals surface area (Å²) >= 11 is 0. The summed E-state index contributed by atoms with van der Waals surface area (Å²) in [7, 11) is 3.12. The van der Waals surface area contributed by atoms with Crippen LogP contribution in [0.5, 0.6) is 11.5 Å². The molecule has 0 bridgehead atoms. The molecule has 1 heterocycles. The topological polar surface area (TPSA) is 105 Å². The molecule has 0 radical (unpaired) electrons. The molecule has 1 aliphatic rings. The van der Waals surface area contributed by atoms with Gasteiger partial charge >= 0.3 is 0 Å². The van der Waals surface area contributed by atoms with Crippen LogP contribution < -0.4 is 19.7 Å². The van der Waals surface area contributed by atoms with Crippen molar-refractivity contribution >= 4 is 34.9 Å². The van der Waals surface area contributed by atoms with E-state index in [0.717, 1.165) is 5.56 Å². The zero-order valence-corrected chi connectivity index (χ0v) is 21.5. The highest BCUT2D eigenvalue weighted by Crippen LogP contribution is 2.29. The smallest absolute Gasteiger partial charge is 0.299 e. The van der Waals surface area contributed by atoms with E-state index < -0.39 is 23.6 Å². The number of ketones is 1. The number of rotatable bonds is 10. The minimum atomic E-state index is -0.838. The van der Waals surface area contributed by atoms with Crippen LogP contribution in [0.1, 0.15) is 29.3 Å². The molecule has 3 aromatic carbocycles. The molecule has 0 aliphatic carbocycles. The van der Waals surface area contributed by atoms with Gasteiger partial charge in [-0.05, 0) is 60.5 Å². The van der Waals surface area contributed by atoms with Gasteiger partial charge in [-0.25, -0.2) is 0 Å². The summed E-state index contributed by atoms with van der Waals surface area (Å²) in [6, 6.07) is 19.8. The minimum absolute atomic E-state index is 0.120. The number of methoxy groups -OCH3 is 2. The fraction of sp³-hybridized carbons (Fsp3) is 0.241. The molecule has 3 aromatic rings. The molecule has 4 rings (SSSR count). The molecule has 9 nitrogen and oxygen atoms in total. The van der Waals surface area contributed by atoms with E-state index in [1.165, 1.54) is 9.80 Å². The second kappa shape index (κ2) is 11.6. The van der Waals surface area contributed by atoms with Crippen LogP contribution in [-0.4, -0.2) is 55.2 Å². The van der Waals surface area contributed by atoms with Gasteiger partial charge < -0.3 is 19.7 Å². The van der Waals surface area contributed by atoms with Crippen molar-refractivity contribution in [1.29, 1.82) is 0 Å². The first-order chi connectivity index (χ1) is 18.4. The van der Waals surface area contributed by atoms with E-state index in [9.17, 15) is 19.2 Å². The number of ether oxygens (including phenoxy) is 2. The Hall–Kier alpha value is -4.66. The lowest BCUT2D eigenvalue weighted by atomic mass is 10.1. The Kier molecular flexibility index (Phi) is 8.06. The summed E-state index contributed by atoms with van der Waals surface area (Å²) < 4.78 is 10.4. The summed E-state index contributed by atoms with van der Waals surface area (Å²) in [6.45, 7) is 1.56. The maximum absolute atomic E-state index is 13.7. The number of carbonyl (C=O) groups excluding carboxylic acids is 4. The van der Waals surface area contributed by atoms with Gasteiger partial charge in [0.15, 0.2) is 0 Å². The van der Waals surface area contributed by atoms with Crippen molar-refractivity contribution in [1.82, 2.24) is 4.90 Å². The number of hydrogen-bond acceptors (Lipinski definition) is 6. The molecule has 1 atom stereocenters. The van der Waals surface area contributed by atoms with Crippen LogP contribution in [0.3, 0.4) is 0 Å². The number of para-hydroxylation sites is 1. The number of carbonyl (C=O) groups is 4. The van der Waals surface area contributed by atoms with Gasteiger partial charge in [0, 0.05) is 12.2 Å². The average Bonchev–Trinajstić information content (AvgIpc) is 3.18. The van der Waals surface area contributed by atoms with Crippen molar-refractivity contribution < 1.29 is 28.7 Å². The van der Waals surface area contributed by atoms with Crippen LogP contribution in [0.15, 0.2) is 72.8 Å². The zero-order valence-electron chi connectivity index (χ0n) is 21.5. The molecule has 38 heavy (non-hydrogen) atoms. The number of hydrogen-bond donors (Lipinski definition) is 1. The highest BCUT2D eigenvalue weighted by Gasteiger charge is 2.38.